The second kappa shape index (κ2) is 3.48. The van der Waals surface area contributed by atoms with Crippen LogP contribution in [-0.4, -0.2) is 37.0 Å². The largest absolute Gasteiger partial charge is 0.494 e. The van der Waals surface area contributed by atoms with E-state index in [0.717, 1.165) is 22.6 Å². The smallest absolute Gasteiger partial charge is 0.327 e. The van der Waals surface area contributed by atoms with E-state index in [1.54, 1.807) is 12.0 Å². The van der Waals surface area contributed by atoms with Crippen molar-refractivity contribution < 1.29 is 9.53 Å². The van der Waals surface area contributed by atoms with Gasteiger partial charge in [-0.3, -0.25) is 9.89 Å². The van der Waals surface area contributed by atoms with Crippen LogP contribution in [-0.2, 0) is 0 Å². The molecule has 1 aromatic carbocycles. The Morgan fingerprint density at radius 2 is 2.29 bits per heavy atom. The zero-order chi connectivity index (χ0) is 12.0. The highest BCUT2D eigenvalue weighted by Crippen LogP contribution is 2.36. The molecule has 0 aliphatic carbocycles. The van der Waals surface area contributed by atoms with Gasteiger partial charge in [0.25, 0.3) is 0 Å². The molecule has 0 unspecified atom stereocenters. The first kappa shape index (κ1) is 10.1. The minimum atomic E-state index is -0.127. The summed E-state index contributed by atoms with van der Waals surface area (Å²) in [5.74, 6) is 1.46. The number of ether oxygens (including phenoxy) is 1. The van der Waals surface area contributed by atoms with Gasteiger partial charge >= 0.3 is 6.03 Å². The lowest BCUT2D eigenvalue weighted by atomic mass is 10.0. The predicted molar refractivity (Wildman–Crippen MR) is 64.9 cm³/mol. The van der Waals surface area contributed by atoms with Crippen molar-refractivity contribution in [1.29, 1.82) is 0 Å². The maximum atomic E-state index is 11.9. The monoisotopic (exact) mass is 231 g/mol. The van der Waals surface area contributed by atoms with E-state index in [1.165, 1.54) is 0 Å². The number of carbonyl (C=O) groups excluding carboxylic acids is 1. The highest BCUT2D eigenvalue weighted by molar-refractivity contribution is 6.20. The van der Waals surface area contributed by atoms with E-state index < -0.39 is 0 Å². The molecule has 0 fully saturated rings. The van der Waals surface area contributed by atoms with Gasteiger partial charge in [-0.05, 0) is 18.6 Å². The topological polar surface area (TPSA) is 53.9 Å². The Hall–Kier alpha value is -2.04. The van der Waals surface area contributed by atoms with Gasteiger partial charge in [-0.1, -0.05) is 6.07 Å². The lowest BCUT2D eigenvalue weighted by Crippen LogP contribution is -2.42. The summed E-state index contributed by atoms with van der Waals surface area (Å²) in [5, 5.41) is 2.87. The molecule has 3 rings (SSSR count). The molecule has 0 aromatic heterocycles. The van der Waals surface area contributed by atoms with Gasteiger partial charge in [-0.25, -0.2) is 4.79 Å². The second-order valence-electron chi connectivity index (χ2n) is 4.13. The number of amidine groups is 1. The van der Waals surface area contributed by atoms with Gasteiger partial charge in [-0.2, -0.15) is 0 Å². The number of benzene rings is 1. The minimum absolute atomic E-state index is 0.127. The Bertz CT molecular complexity index is 537. The third-order valence-corrected chi connectivity index (χ3v) is 3.12. The number of methoxy groups -OCH3 is 1. The SMILES string of the molecule is COc1c(C)ccc2c1NC(=O)N1CCN=C21. The molecule has 0 radical (unpaired) electrons. The first-order chi connectivity index (χ1) is 8.22. The number of hydrogen-bond acceptors (Lipinski definition) is 3. The number of nitrogens with zero attached hydrogens (tertiary/aromatic N) is 2. The van der Waals surface area contributed by atoms with Crippen molar-refractivity contribution >= 4 is 17.6 Å². The van der Waals surface area contributed by atoms with Crippen molar-refractivity contribution in [3.63, 3.8) is 0 Å². The molecule has 17 heavy (non-hydrogen) atoms. The van der Waals surface area contributed by atoms with Crippen molar-refractivity contribution in [3.8, 4) is 5.75 Å². The summed E-state index contributed by atoms with van der Waals surface area (Å²) in [5.41, 5.74) is 2.66. The van der Waals surface area contributed by atoms with E-state index in [0.29, 0.717) is 18.8 Å². The number of rotatable bonds is 1. The van der Waals surface area contributed by atoms with Gasteiger partial charge in [-0.15, -0.1) is 0 Å². The minimum Gasteiger partial charge on any atom is -0.494 e. The molecule has 0 saturated carbocycles. The molecule has 0 atom stereocenters. The van der Waals surface area contributed by atoms with E-state index in [-0.39, 0.29) is 6.03 Å². The van der Waals surface area contributed by atoms with Crippen molar-refractivity contribution in [2.45, 2.75) is 6.92 Å². The van der Waals surface area contributed by atoms with E-state index in [1.807, 2.05) is 19.1 Å². The molecule has 1 aromatic rings. The molecule has 0 bridgehead atoms. The van der Waals surface area contributed by atoms with Crippen molar-refractivity contribution in [2.24, 2.45) is 4.99 Å². The summed E-state index contributed by atoms with van der Waals surface area (Å²) in [6.45, 7) is 3.27. The second-order valence-corrected chi connectivity index (χ2v) is 4.13. The molecule has 2 amide bonds. The Kier molecular flexibility index (Phi) is 2.07. The van der Waals surface area contributed by atoms with Crippen LogP contribution in [0, 0.1) is 6.92 Å². The van der Waals surface area contributed by atoms with Gasteiger partial charge in [0.15, 0.2) is 0 Å². The highest BCUT2D eigenvalue weighted by Gasteiger charge is 2.33. The molecule has 2 aliphatic heterocycles. The third-order valence-electron chi connectivity index (χ3n) is 3.12. The summed E-state index contributed by atoms with van der Waals surface area (Å²) < 4.78 is 5.35. The first-order valence-corrected chi connectivity index (χ1v) is 5.53. The summed E-state index contributed by atoms with van der Waals surface area (Å²) in [4.78, 5) is 17.9. The Morgan fingerprint density at radius 3 is 3.06 bits per heavy atom. The fourth-order valence-corrected chi connectivity index (χ4v) is 2.31. The first-order valence-electron chi connectivity index (χ1n) is 5.53. The van der Waals surface area contributed by atoms with Gasteiger partial charge in [0.2, 0.25) is 0 Å². The number of aliphatic imine (C=N–C) groups is 1. The number of fused-ring (bicyclic) bond motifs is 3. The summed E-state index contributed by atoms with van der Waals surface area (Å²) in [7, 11) is 1.61. The van der Waals surface area contributed by atoms with Gasteiger partial charge in [0.1, 0.15) is 11.6 Å². The van der Waals surface area contributed by atoms with Crippen LogP contribution >= 0.6 is 0 Å². The van der Waals surface area contributed by atoms with Crippen molar-refractivity contribution in [3.05, 3.63) is 23.3 Å². The summed E-state index contributed by atoms with van der Waals surface area (Å²) >= 11 is 0. The molecule has 5 nitrogen and oxygen atoms in total. The van der Waals surface area contributed by atoms with Crippen molar-refractivity contribution in [2.75, 3.05) is 25.5 Å². The molecule has 88 valence electrons. The zero-order valence-electron chi connectivity index (χ0n) is 9.78. The normalized spacial score (nSPS) is 17.2. The molecule has 5 heteroatoms. The maximum Gasteiger partial charge on any atom is 0.327 e. The number of hydrogen-bond donors (Lipinski definition) is 1. The number of carbonyl (C=O) groups is 1. The highest BCUT2D eigenvalue weighted by atomic mass is 16.5. The quantitative estimate of drug-likeness (QED) is 0.798. The lowest BCUT2D eigenvalue weighted by Gasteiger charge is -2.28. The molecule has 0 spiro atoms. The van der Waals surface area contributed by atoms with Crippen LogP contribution in [0.1, 0.15) is 11.1 Å². The number of anilines is 1. The predicted octanol–water partition coefficient (Wildman–Crippen LogP) is 1.61. The fourth-order valence-electron chi connectivity index (χ4n) is 2.31. The van der Waals surface area contributed by atoms with E-state index in [4.69, 9.17) is 4.74 Å². The summed E-state index contributed by atoms with van der Waals surface area (Å²) in [6, 6.07) is 3.83. The molecular formula is C12H13N3O2. The molecule has 2 heterocycles. The van der Waals surface area contributed by atoms with Crippen LogP contribution in [0.3, 0.4) is 0 Å². The summed E-state index contributed by atoms with van der Waals surface area (Å²) in [6.07, 6.45) is 0. The van der Waals surface area contributed by atoms with Crippen LogP contribution in [0.25, 0.3) is 0 Å². The molecule has 2 aliphatic rings. The van der Waals surface area contributed by atoms with Crippen molar-refractivity contribution in [1.82, 2.24) is 4.90 Å². The Balaban J connectivity index is 2.23. The third kappa shape index (κ3) is 1.32. The van der Waals surface area contributed by atoms with E-state index in [2.05, 4.69) is 10.3 Å². The van der Waals surface area contributed by atoms with Crippen LogP contribution in [0.2, 0.25) is 0 Å². The van der Waals surface area contributed by atoms with Gasteiger partial charge in [0.05, 0.1) is 19.3 Å². The van der Waals surface area contributed by atoms with Crippen LogP contribution in [0.15, 0.2) is 17.1 Å². The number of nitrogens with one attached hydrogen (secondary N) is 1. The lowest BCUT2D eigenvalue weighted by molar-refractivity contribution is 0.235. The average Bonchev–Trinajstić information content (AvgIpc) is 2.79. The fraction of sp³-hybridized carbons (Fsp3) is 0.333. The Labute approximate surface area is 99.1 Å². The van der Waals surface area contributed by atoms with Gasteiger partial charge < -0.3 is 10.1 Å². The van der Waals surface area contributed by atoms with Crippen LogP contribution < -0.4 is 10.1 Å². The molecule has 0 saturated heterocycles. The molecular weight excluding hydrogens is 218 g/mol. The van der Waals surface area contributed by atoms with E-state index in [9.17, 15) is 4.79 Å². The Morgan fingerprint density at radius 1 is 1.47 bits per heavy atom. The van der Waals surface area contributed by atoms with Crippen LogP contribution in [0.5, 0.6) is 5.75 Å². The average molecular weight is 231 g/mol. The number of aryl methyl sites for hydroxylation is 1. The van der Waals surface area contributed by atoms with Gasteiger partial charge in [0, 0.05) is 12.1 Å². The zero-order valence-corrected chi connectivity index (χ0v) is 9.78. The maximum absolute atomic E-state index is 11.9. The molecule has 1 N–H and O–H groups in total. The van der Waals surface area contributed by atoms with E-state index >= 15 is 0 Å². The number of amides is 2. The standard InChI is InChI=1S/C12H13N3O2/c1-7-3-4-8-9(10(7)17-2)14-12(16)15-6-5-13-11(8)15/h3-4H,5-6H2,1-2H3,(H,14,16). The van der Waals surface area contributed by atoms with Crippen LogP contribution in [0.4, 0.5) is 10.5 Å². The number of urea groups is 1.